The van der Waals surface area contributed by atoms with Crippen molar-refractivity contribution in [1.82, 2.24) is 9.97 Å². The number of guanidine groups is 1. The molecule has 0 saturated heterocycles. The fourth-order valence-electron chi connectivity index (χ4n) is 2.51. The van der Waals surface area contributed by atoms with E-state index in [0.717, 1.165) is 0 Å². The Hall–Kier alpha value is -3.07. The van der Waals surface area contributed by atoms with Gasteiger partial charge in [0.25, 0.3) is 11.5 Å². The Morgan fingerprint density at radius 1 is 1.43 bits per heavy atom. The van der Waals surface area contributed by atoms with Crippen molar-refractivity contribution in [3.63, 3.8) is 0 Å². The first kappa shape index (κ1) is 21.2. The number of nitrogens with two attached hydrogens (primary N) is 1. The molecule has 0 radical (unpaired) electrons. The van der Waals surface area contributed by atoms with Crippen LogP contribution in [0.1, 0.15) is 24.6 Å². The van der Waals surface area contributed by atoms with E-state index in [1.807, 2.05) is 0 Å². The number of rotatable bonds is 7. The van der Waals surface area contributed by atoms with Crippen LogP contribution < -0.4 is 26.3 Å². The number of aromatic amines is 1. The van der Waals surface area contributed by atoms with Crippen LogP contribution in [-0.4, -0.2) is 35.6 Å². The van der Waals surface area contributed by atoms with E-state index in [2.05, 4.69) is 20.3 Å². The molecule has 28 heavy (non-hydrogen) atoms. The average Bonchev–Trinajstić information content (AvgIpc) is 2.61. The molecule has 10 heteroatoms. The molecule has 2 aromatic rings. The van der Waals surface area contributed by atoms with Gasteiger partial charge in [0.2, 0.25) is 0 Å². The van der Waals surface area contributed by atoms with E-state index in [4.69, 9.17) is 26.8 Å². The second-order valence-corrected chi connectivity index (χ2v) is 6.23. The molecule has 0 aliphatic rings. The molecule has 0 unspecified atom stereocenters. The monoisotopic (exact) mass is 408 g/mol. The Labute approximate surface area is 166 Å². The minimum Gasteiger partial charge on any atom is -0.494 e. The number of H-pyrrole nitrogens is 1. The zero-order valence-corrected chi connectivity index (χ0v) is 16.6. The first-order valence-corrected chi connectivity index (χ1v) is 8.97. The number of halogens is 1. The lowest BCUT2D eigenvalue weighted by Gasteiger charge is -2.08. The van der Waals surface area contributed by atoms with Gasteiger partial charge < -0.3 is 15.2 Å². The van der Waals surface area contributed by atoms with Crippen LogP contribution in [-0.2, 0) is 16.0 Å². The molecule has 0 aliphatic carbocycles. The number of methoxy groups -OCH3 is 1. The Morgan fingerprint density at radius 3 is 2.82 bits per heavy atom. The summed E-state index contributed by atoms with van der Waals surface area (Å²) in [6, 6.07) is 5.03. The van der Waals surface area contributed by atoms with Crippen LogP contribution >= 0.6 is 11.6 Å². The van der Waals surface area contributed by atoms with Crippen molar-refractivity contribution in [1.29, 1.82) is 0 Å². The second-order valence-electron chi connectivity index (χ2n) is 5.79. The summed E-state index contributed by atoms with van der Waals surface area (Å²) in [7, 11) is 1.52. The molecule has 150 valence electrons. The largest absolute Gasteiger partial charge is 0.494 e. The number of nitrogens with one attached hydrogen (secondary N) is 3. The van der Waals surface area contributed by atoms with Gasteiger partial charge in [-0.15, -0.1) is 4.98 Å². The molecule has 9 nitrogen and oxygen atoms in total. The van der Waals surface area contributed by atoms with Gasteiger partial charge in [-0.3, -0.25) is 14.9 Å². The van der Waals surface area contributed by atoms with Gasteiger partial charge in [0.15, 0.2) is 5.75 Å². The first-order chi connectivity index (χ1) is 13.3. The van der Waals surface area contributed by atoms with Crippen LogP contribution in [0.4, 0.5) is 11.6 Å². The highest BCUT2D eigenvalue weighted by Crippen LogP contribution is 2.27. The van der Waals surface area contributed by atoms with E-state index in [-0.39, 0.29) is 36.3 Å². The van der Waals surface area contributed by atoms with E-state index in [0.29, 0.717) is 34.3 Å². The van der Waals surface area contributed by atoms with Crippen LogP contribution in [0.2, 0.25) is 5.02 Å². The molecule has 0 atom stereocenters. The lowest BCUT2D eigenvalue weighted by atomic mass is 10.1. The summed E-state index contributed by atoms with van der Waals surface area (Å²) in [6.45, 7) is 3.71. The maximum atomic E-state index is 12.3. The number of anilines is 1. The Balaban J connectivity index is 2.18. The second kappa shape index (κ2) is 9.75. The molecule has 1 aromatic heterocycles. The van der Waals surface area contributed by atoms with Crippen molar-refractivity contribution in [3.05, 3.63) is 44.8 Å². The van der Waals surface area contributed by atoms with Crippen molar-refractivity contribution < 1.29 is 19.3 Å². The van der Waals surface area contributed by atoms with E-state index in [1.54, 1.807) is 32.0 Å². The van der Waals surface area contributed by atoms with Crippen molar-refractivity contribution in [3.8, 4) is 5.75 Å². The summed E-state index contributed by atoms with van der Waals surface area (Å²) < 4.78 is 10.1. The average molecular weight is 409 g/mol. The molecule has 0 aliphatic heterocycles. The molecule has 0 bridgehead atoms. The molecule has 0 spiro atoms. The van der Waals surface area contributed by atoms with Crippen molar-refractivity contribution in [2.45, 2.75) is 26.7 Å². The van der Waals surface area contributed by atoms with Gasteiger partial charge in [0, 0.05) is 11.4 Å². The SMILES string of the molecule is CCOC(=O)CCc1c(C)nc([NH+]=C(N)Nc2cc(Cl)ccc2OC)[nH]c1=O. The molecule has 0 amide bonds. The number of aryl methyl sites for hydroxylation is 1. The molecule has 2 rings (SSSR count). The van der Waals surface area contributed by atoms with E-state index >= 15 is 0 Å². The van der Waals surface area contributed by atoms with Gasteiger partial charge in [0.1, 0.15) is 5.69 Å². The van der Waals surface area contributed by atoms with Gasteiger partial charge in [-0.05, 0) is 38.5 Å². The molecule has 1 aromatic carbocycles. The number of carbonyl (C=O) groups excluding carboxylic acids is 1. The van der Waals surface area contributed by atoms with Gasteiger partial charge in [-0.2, -0.15) is 0 Å². The summed E-state index contributed by atoms with van der Waals surface area (Å²) in [5, 5.41) is 3.41. The number of benzene rings is 1. The number of aromatic nitrogens is 2. The number of nitrogens with zero attached hydrogens (tertiary/aromatic N) is 1. The topological polar surface area (TPSA) is 133 Å². The van der Waals surface area contributed by atoms with E-state index in [9.17, 15) is 9.59 Å². The fourth-order valence-corrected chi connectivity index (χ4v) is 2.68. The molecular weight excluding hydrogens is 386 g/mol. The van der Waals surface area contributed by atoms with Gasteiger partial charge >= 0.3 is 11.9 Å². The maximum Gasteiger partial charge on any atom is 0.325 e. The summed E-state index contributed by atoms with van der Waals surface area (Å²) in [4.78, 5) is 33.5. The summed E-state index contributed by atoms with van der Waals surface area (Å²) in [6.07, 6.45) is 0.348. The minimum atomic E-state index is -0.360. The lowest BCUT2D eigenvalue weighted by Crippen LogP contribution is -2.73. The third kappa shape index (κ3) is 5.71. The zero-order chi connectivity index (χ0) is 20.7. The zero-order valence-electron chi connectivity index (χ0n) is 15.9. The van der Waals surface area contributed by atoms with Crippen molar-refractivity contribution >= 4 is 35.2 Å². The molecule has 0 saturated carbocycles. The molecule has 0 fully saturated rings. The van der Waals surface area contributed by atoms with Crippen LogP contribution in [0, 0.1) is 6.92 Å². The third-order valence-corrected chi connectivity index (χ3v) is 4.03. The lowest BCUT2D eigenvalue weighted by molar-refractivity contribution is -0.365. The van der Waals surface area contributed by atoms with Crippen LogP contribution in [0.5, 0.6) is 5.75 Å². The third-order valence-electron chi connectivity index (χ3n) is 3.79. The quantitative estimate of drug-likeness (QED) is 0.295. The van der Waals surface area contributed by atoms with E-state index in [1.165, 1.54) is 7.11 Å². The smallest absolute Gasteiger partial charge is 0.325 e. The summed E-state index contributed by atoms with van der Waals surface area (Å²) in [5.41, 5.74) is 7.05. The molecule has 5 N–H and O–H groups in total. The highest BCUT2D eigenvalue weighted by Gasteiger charge is 2.14. The number of hydrogen-bond donors (Lipinski definition) is 4. The Morgan fingerprint density at radius 2 is 2.18 bits per heavy atom. The number of ether oxygens (including phenoxy) is 2. The summed E-state index contributed by atoms with van der Waals surface area (Å²) >= 11 is 5.99. The molecular formula is C18H23ClN5O4+. The van der Waals surface area contributed by atoms with Crippen LogP contribution in [0.25, 0.3) is 0 Å². The number of hydrogen-bond acceptors (Lipinski definition) is 5. The van der Waals surface area contributed by atoms with Crippen molar-refractivity contribution in [2.24, 2.45) is 5.73 Å². The van der Waals surface area contributed by atoms with Crippen LogP contribution in [0.15, 0.2) is 23.0 Å². The number of esters is 1. The first-order valence-electron chi connectivity index (χ1n) is 8.59. The van der Waals surface area contributed by atoms with Crippen LogP contribution in [0.3, 0.4) is 0 Å². The predicted octanol–water partition coefficient (Wildman–Crippen LogP) is 0.375. The highest BCUT2D eigenvalue weighted by molar-refractivity contribution is 6.31. The Bertz CT molecular complexity index is 942. The Kier molecular flexibility index (Phi) is 7.39. The van der Waals surface area contributed by atoms with Gasteiger partial charge in [-0.25, -0.2) is 9.98 Å². The maximum absolute atomic E-state index is 12.3. The summed E-state index contributed by atoms with van der Waals surface area (Å²) in [5.74, 6) is 0.456. The van der Waals surface area contributed by atoms with Crippen molar-refractivity contribution in [2.75, 3.05) is 19.0 Å². The highest BCUT2D eigenvalue weighted by atomic mass is 35.5. The van der Waals surface area contributed by atoms with E-state index < -0.39 is 0 Å². The van der Waals surface area contributed by atoms with Gasteiger partial charge in [-0.1, -0.05) is 11.6 Å². The standard InChI is InChI=1S/C18H22ClN5O4/c1-4-28-15(25)8-6-12-10(2)21-18(23-16(12)26)24-17(20)22-13-9-11(19)5-7-14(13)27-3/h5,7,9H,4,6,8H2,1-3H3,(H4,20,21,22,23,24,26)/p+1. The predicted molar refractivity (Wildman–Crippen MR) is 106 cm³/mol. The van der Waals surface area contributed by atoms with Gasteiger partial charge in [0.05, 0.1) is 25.0 Å². The normalized spacial score (nSPS) is 11.2. The minimum absolute atomic E-state index is 0.108. The fraction of sp³-hybridized carbons (Fsp3) is 0.333. The molecule has 1 heterocycles. The number of carbonyl (C=O) groups is 1.